The van der Waals surface area contributed by atoms with Crippen molar-refractivity contribution < 1.29 is 0 Å². The normalized spacial score (nSPS) is 11.0. The molecule has 0 fully saturated rings. The molecule has 1 aromatic carbocycles. The average molecular weight is 337 g/mol. The summed E-state index contributed by atoms with van der Waals surface area (Å²) in [7, 11) is 0. The van der Waals surface area contributed by atoms with Crippen molar-refractivity contribution in [1.82, 2.24) is 14.7 Å². The number of hydrogen-bond acceptors (Lipinski definition) is 3. The molecule has 0 radical (unpaired) electrons. The van der Waals surface area contributed by atoms with Gasteiger partial charge in [0.1, 0.15) is 0 Å². The molecule has 1 aromatic heterocycles. The van der Waals surface area contributed by atoms with Gasteiger partial charge in [0.2, 0.25) is 0 Å². The molecule has 0 atom stereocenters. The largest absolute Gasteiger partial charge is 0.329 e. The Morgan fingerprint density at radius 2 is 1.87 bits per heavy atom. The first kappa shape index (κ1) is 19.7. The van der Waals surface area contributed by atoms with Crippen LogP contribution < -0.4 is 5.73 Å². The molecule has 0 aliphatic carbocycles. The maximum absolute atomic E-state index is 5.76. The van der Waals surface area contributed by atoms with Crippen molar-refractivity contribution in [2.45, 2.75) is 33.4 Å². The van der Waals surface area contributed by atoms with Crippen LogP contribution in [-0.2, 0) is 19.5 Å². The topological polar surface area (TPSA) is 47.1 Å². The third kappa shape index (κ3) is 7.16. The summed E-state index contributed by atoms with van der Waals surface area (Å²) in [6.45, 7) is 8.95. The van der Waals surface area contributed by atoms with E-state index in [1.807, 2.05) is 10.9 Å². The van der Waals surface area contributed by atoms with E-state index in [4.69, 9.17) is 5.73 Å². The summed E-state index contributed by atoms with van der Waals surface area (Å²) < 4.78 is 2.04. The first-order chi connectivity index (χ1) is 10.7. The van der Waals surface area contributed by atoms with Gasteiger partial charge in [0, 0.05) is 44.5 Å². The van der Waals surface area contributed by atoms with E-state index in [2.05, 4.69) is 60.4 Å². The number of nitrogens with two attached hydrogens (primary N) is 1. The van der Waals surface area contributed by atoms with Crippen LogP contribution in [-0.4, -0.2) is 34.3 Å². The molecule has 0 unspecified atom stereocenters. The molecular weight excluding hydrogens is 308 g/mol. The van der Waals surface area contributed by atoms with E-state index in [0.29, 0.717) is 12.5 Å². The van der Waals surface area contributed by atoms with E-state index >= 15 is 0 Å². The van der Waals surface area contributed by atoms with Crippen LogP contribution in [0.4, 0.5) is 0 Å². The molecule has 2 rings (SSSR count). The molecule has 4 nitrogen and oxygen atoms in total. The summed E-state index contributed by atoms with van der Waals surface area (Å²) in [4.78, 5) is 2.41. The van der Waals surface area contributed by atoms with Crippen LogP contribution in [0.3, 0.4) is 0 Å². The monoisotopic (exact) mass is 336 g/mol. The van der Waals surface area contributed by atoms with Gasteiger partial charge in [-0.05, 0) is 17.9 Å². The molecule has 1 heterocycles. The van der Waals surface area contributed by atoms with Crippen molar-refractivity contribution >= 4 is 12.4 Å². The minimum absolute atomic E-state index is 0. The van der Waals surface area contributed by atoms with Gasteiger partial charge in [-0.2, -0.15) is 5.10 Å². The van der Waals surface area contributed by atoms with Crippen LogP contribution in [0, 0.1) is 5.92 Å². The highest BCUT2D eigenvalue weighted by molar-refractivity contribution is 5.85. The standard InChI is InChI=1S/C18H28N4.ClH/c1-16(2)13-22-15-18(12-20-22)14-21(11-9-19)10-8-17-6-4-3-5-7-17;/h3-7,12,15-16H,8-11,13-14,19H2,1-2H3;1H. The van der Waals surface area contributed by atoms with Crippen LogP contribution >= 0.6 is 12.4 Å². The lowest BCUT2D eigenvalue weighted by Gasteiger charge is -2.20. The summed E-state index contributed by atoms with van der Waals surface area (Å²) in [5, 5.41) is 4.45. The molecule has 5 heteroatoms. The summed E-state index contributed by atoms with van der Waals surface area (Å²) >= 11 is 0. The van der Waals surface area contributed by atoms with E-state index in [-0.39, 0.29) is 12.4 Å². The fourth-order valence-electron chi connectivity index (χ4n) is 2.60. The molecule has 0 spiro atoms. The highest BCUT2D eigenvalue weighted by Crippen LogP contribution is 2.08. The number of aromatic nitrogens is 2. The van der Waals surface area contributed by atoms with Crippen LogP contribution in [0.15, 0.2) is 42.7 Å². The summed E-state index contributed by atoms with van der Waals surface area (Å²) in [6, 6.07) is 10.6. The maximum atomic E-state index is 5.76. The zero-order valence-corrected chi connectivity index (χ0v) is 15.0. The van der Waals surface area contributed by atoms with Gasteiger partial charge in [0.15, 0.2) is 0 Å². The third-order valence-corrected chi connectivity index (χ3v) is 3.65. The average Bonchev–Trinajstić information content (AvgIpc) is 2.92. The first-order valence-electron chi connectivity index (χ1n) is 8.15. The molecule has 0 saturated heterocycles. The van der Waals surface area contributed by atoms with Crippen molar-refractivity contribution in [2.75, 3.05) is 19.6 Å². The summed E-state index contributed by atoms with van der Waals surface area (Å²) in [5.41, 5.74) is 8.40. The Bertz CT molecular complexity index is 539. The van der Waals surface area contributed by atoms with Crippen molar-refractivity contribution in [3.8, 4) is 0 Å². The lowest BCUT2D eigenvalue weighted by Crippen LogP contribution is -2.30. The fourth-order valence-corrected chi connectivity index (χ4v) is 2.60. The van der Waals surface area contributed by atoms with Crippen molar-refractivity contribution in [3.63, 3.8) is 0 Å². The highest BCUT2D eigenvalue weighted by atomic mass is 35.5. The SMILES string of the molecule is CC(C)Cn1cc(CN(CCN)CCc2ccccc2)cn1.Cl. The lowest BCUT2D eigenvalue weighted by molar-refractivity contribution is 0.276. The minimum Gasteiger partial charge on any atom is -0.329 e. The molecule has 0 bridgehead atoms. The van der Waals surface area contributed by atoms with Gasteiger partial charge in [-0.3, -0.25) is 9.58 Å². The number of rotatable bonds is 9. The van der Waals surface area contributed by atoms with Crippen LogP contribution in [0.5, 0.6) is 0 Å². The Morgan fingerprint density at radius 3 is 2.52 bits per heavy atom. The molecule has 23 heavy (non-hydrogen) atoms. The van der Waals surface area contributed by atoms with Gasteiger partial charge in [-0.1, -0.05) is 44.2 Å². The van der Waals surface area contributed by atoms with E-state index in [9.17, 15) is 0 Å². The lowest BCUT2D eigenvalue weighted by atomic mass is 10.1. The maximum Gasteiger partial charge on any atom is 0.0534 e. The van der Waals surface area contributed by atoms with Crippen LogP contribution in [0.2, 0.25) is 0 Å². The van der Waals surface area contributed by atoms with Crippen LogP contribution in [0.1, 0.15) is 25.0 Å². The van der Waals surface area contributed by atoms with Gasteiger partial charge < -0.3 is 5.73 Å². The van der Waals surface area contributed by atoms with Crippen molar-refractivity contribution in [2.24, 2.45) is 11.7 Å². The molecule has 0 saturated carbocycles. The van der Waals surface area contributed by atoms with E-state index in [0.717, 1.165) is 32.6 Å². The number of hydrogen-bond donors (Lipinski definition) is 1. The third-order valence-electron chi connectivity index (χ3n) is 3.65. The second-order valence-electron chi connectivity index (χ2n) is 6.26. The van der Waals surface area contributed by atoms with E-state index < -0.39 is 0 Å². The van der Waals surface area contributed by atoms with Crippen molar-refractivity contribution in [1.29, 1.82) is 0 Å². The number of nitrogens with zero attached hydrogens (tertiary/aromatic N) is 3. The molecule has 2 aromatic rings. The Balaban J connectivity index is 0.00000264. The molecule has 0 aliphatic rings. The molecular formula is C18H29ClN4. The molecule has 2 N–H and O–H groups in total. The van der Waals surface area contributed by atoms with E-state index in [1.165, 1.54) is 11.1 Å². The smallest absolute Gasteiger partial charge is 0.0534 e. The summed E-state index contributed by atoms with van der Waals surface area (Å²) in [6.07, 6.45) is 5.20. The highest BCUT2D eigenvalue weighted by Gasteiger charge is 2.08. The summed E-state index contributed by atoms with van der Waals surface area (Å²) in [5.74, 6) is 0.617. The first-order valence-corrected chi connectivity index (χ1v) is 8.15. The van der Waals surface area contributed by atoms with Gasteiger partial charge in [0.05, 0.1) is 6.20 Å². The number of halogens is 1. The van der Waals surface area contributed by atoms with Crippen molar-refractivity contribution in [3.05, 3.63) is 53.9 Å². The quantitative estimate of drug-likeness (QED) is 0.765. The zero-order valence-electron chi connectivity index (χ0n) is 14.2. The second-order valence-corrected chi connectivity index (χ2v) is 6.26. The predicted molar refractivity (Wildman–Crippen MR) is 98.8 cm³/mol. The molecule has 128 valence electrons. The Kier molecular flexibility index (Phi) is 8.92. The Hall–Kier alpha value is -1.36. The predicted octanol–water partition coefficient (Wildman–Crippen LogP) is 2.96. The Labute approximate surface area is 146 Å². The van der Waals surface area contributed by atoms with E-state index in [1.54, 1.807) is 0 Å². The zero-order chi connectivity index (χ0) is 15.8. The molecule has 0 aliphatic heterocycles. The number of benzene rings is 1. The van der Waals surface area contributed by atoms with Gasteiger partial charge >= 0.3 is 0 Å². The molecule has 0 amide bonds. The van der Waals surface area contributed by atoms with Gasteiger partial charge in [-0.25, -0.2) is 0 Å². The van der Waals surface area contributed by atoms with Crippen LogP contribution in [0.25, 0.3) is 0 Å². The second kappa shape index (κ2) is 10.4. The Morgan fingerprint density at radius 1 is 1.13 bits per heavy atom. The van der Waals surface area contributed by atoms with Gasteiger partial charge in [-0.15, -0.1) is 12.4 Å². The van der Waals surface area contributed by atoms with Gasteiger partial charge in [0.25, 0.3) is 0 Å². The fraction of sp³-hybridized carbons (Fsp3) is 0.500. The minimum atomic E-state index is 0.